The number of nitrogens with zero attached hydrogens (tertiary/aromatic N) is 3. The van der Waals surface area contributed by atoms with E-state index < -0.39 is 12.1 Å². The maximum absolute atomic E-state index is 13.1. The molecule has 192 valence electrons. The second-order valence-electron chi connectivity index (χ2n) is 9.32. The molecule has 1 atom stereocenters. The standard InChI is InChI=1S/C25H28F3N5O3/c26-25(27,28)36-17-3-4-19(20(29)14-17)24(34)33-10-1-2-15(6-11-33)18-5-9-30-23-21(18)31-22(32-23)16-7-12-35-13-8-16/h3-5,9,14-16H,1-2,6-8,10-13,29H2,(H,30,31,32)/t15-/m1/s1. The zero-order valence-electron chi connectivity index (χ0n) is 19.7. The quantitative estimate of drug-likeness (QED) is 0.498. The van der Waals surface area contributed by atoms with Gasteiger partial charge in [0.2, 0.25) is 0 Å². The van der Waals surface area contributed by atoms with Crippen LogP contribution < -0.4 is 10.5 Å². The lowest BCUT2D eigenvalue weighted by Crippen LogP contribution is -2.32. The summed E-state index contributed by atoms with van der Waals surface area (Å²) in [5, 5.41) is 0. The summed E-state index contributed by atoms with van der Waals surface area (Å²) in [6.07, 6.45) is 1.24. The number of carbonyl (C=O) groups is 1. The Morgan fingerprint density at radius 3 is 2.67 bits per heavy atom. The van der Waals surface area contributed by atoms with Crippen molar-refractivity contribution >= 4 is 22.8 Å². The molecule has 1 aromatic carbocycles. The van der Waals surface area contributed by atoms with E-state index in [1.54, 1.807) is 11.1 Å². The van der Waals surface area contributed by atoms with Crippen LogP contribution in [0.1, 0.15) is 65.7 Å². The Morgan fingerprint density at radius 1 is 1.11 bits per heavy atom. The van der Waals surface area contributed by atoms with E-state index >= 15 is 0 Å². The Bertz CT molecular complexity index is 1240. The number of rotatable bonds is 4. The number of nitrogen functional groups attached to an aromatic ring is 1. The van der Waals surface area contributed by atoms with Gasteiger partial charge in [0.1, 0.15) is 17.1 Å². The molecule has 2 saturated heterocycles. The summed E-state index contributed by atoms with van der Waals surface area (Å²) in [5.74, 6) is 0.744. The normalized spacial score (nSPS) is 19.9. The number of H-pyrrole nitrogens is 1. The molecule has 8 nitrogen and oxygen atoms in total. The van der Waals surface area contributed by atoms with Gasteiger partial charge in [-0.3, -0.25) is 4.79 Å². The topological polar surface area (TPSA) is 106 Å². The molecule has 0 bridgehead atoms. The number of pyridine rings is 1. The number of amides is 1. The first kappa shape index (κ1) is 24.4. The Hall–Kier alpha value is -3.34. The summed E-state index contributed by atoms with van der Waals surface area (Å²) < 4.78 is 46.8. The number of alkyl halides is 3. The summed E-state index contributed by atoms with van der Waals surface area (Å²) in [7, 11) is 0. The molecular weight excluding hydrogens is 475 g/mol. The van der Waals surface area contributed by atoms with Crippen LogP contribution in [-0.4, -0.2) is 58.4 Å². The van der Waals surface area contributed by atoms with Crippen molar-refractivity contribution in [2.24, 2.45) is 0 Å². The SMILES string of the molecule is Nc1cc(OC(F)(F)F)ccc1C(=O)N1CCC[C@@H](c2ccnc3[nH]c(C4CCOCC4)nc23)CC1. The van der Waals surface area contributed by atoms with Crippen molar-refractivity contribution in [3.63, 3.8) is 0 Å². The van der Waals surface area contributed by atoms with E-state index in [-0.39, 0.29) is 23.1 Å². The number of halogens is 3. The largest absolute Gasteiger partial charge is 0.573 e. The summed E-state index contributed by atoms with van der Waals surface area (Å²) in [6.45, 7) is 2.51. The molecule has 1 amide bonds. The number of aromatic amines is 1. The molecule has 11 heteroatoms. The zero-order chi connectivity index (χ0) is 25.3. The van der Waals surface area contributed by atoms with Crippen LogP contribution in [0, 0.1) is 0 Å². The van der Waals surface area contributed by atoms with Gasteiger partial charge in [0.15, 0.2) is 5.65 Å². The van der Waals surface area contributed by atoms with Crippen molar-refractivity contribution in [2.45, 2.75) is 50.3 Å². The fourth-order valence-corrected chi connectivity index (χ4v) is 5.15. The number of nitrogens with one attached hydrogen (secondary N) is 1. The summed E-state index contributed by atoms with van der Waals surface area (Å²) >= 11 is 0. The van der Waals surface area contributed by atoms with Crippen LogP contribution in [0.4, 0.5) is 18.9 Å². The van der Waals surface area contributed by atoms with Gasteiger partial charge in [-0.2, -0.15) is 0 Å². The van der Waals surface area contributed by atoms with Gasteiger partial charge < -0.3 is 25.1 Å². The number of imidazole rings is 1. The molecule has 4 heterocycles. The van der Waals surface area contributed by atoms with Crippen molar-refractivity contribution in [3.05, 3.63) is 47.4 Å². The van der Waals surface area contributed by atoms with Crippen LogP contribution in [0.2, 0.25) is 0 Å². The highest BCUT2D eigenvalue weighted by Crippen LogP contribution is 2.34. The van der Waals surface area contributed by atoms with Crippen molar-refractivity contribution < 1.29 is 27.4 Å². The fourth-order valence-electron chi connectivity index (χ4n) is 5.15. The van der Waals surface area contributed by atoms with Gasteiger partial charge in [-0.15, -0.1) is 13.2 Å². The van der Waals surface area contributed by atoms with E-state index in [2.05, 4.69) is 14.7 Å². The third-order valence-electron chi connectivity index (χ3n) is 6.98. The molecule has 0 unspecified atom stereocenters. The van der Waals surface area contributed by atoms with E-state index in [4.69, 9.17) is 15.5 Å². The van der Waals surface area contributed by atoms with Crippen LogP contribution in [-0.2, 0) is 4.74 Å². The molecule has 2 aliphatic rings. The van der Waals surface area contributed by atoms with Gasteiger partial charge in [0, 0.05) is 50.2 Å². The number of fused-ring (bicyclic) bond motifs is 1. The van der Waals surface area contributed by atoms with Gasteiger partial charge >= 0.3 is 6.36 Å². The smallest absolute Gasteiger partial charge is 0.406 e. The first-order valence-corrected chi connectivity index (χ1v) is 12.2. The maximum Gasteiger partial charge on any atom is 0.573 e. The van der Waals surface area contributed by atoms with E-state index in [0.29, 0.717) is 19.0 Å². The number of anilines is 1. The molecule has 3 N–H and O–H groups in total. The Balaban J connectivity index is 1.30. The molecule has 2 fully saturated rings. The summed E-state index contributed by atoms with van der Waals surface area (Å²) in [5.41, 5.74) is 8.82. The lowest BCUT2D eigenvalue weighted by Gasteiger charge is -2.22. The number of benzene rings is 1. The average Bonchev–Trinajstić information content (AvgIpc) is 3.14. The second kappa shape index (κ2) is 9.96. The van der Waals surface area contributed by atoms with Crippen LogP contribution in [0.25, 0.3) is 11.2 Å². The van der Waals surface area contributed by atoms with Crippen LogP contribution in [0.3, 0.4) is 0 Å². The maximum atomic E-state index is 13.1. The number of likely N-dealkylation sites (tertiary alicyclic amines) is 1. The van der Waals surface area contributed by atoms with Gasteiger partial charge in [0.25, 0.3) is 5.91 Å². The third kappa shape index (κ3) is 5.25. The van der Waals surface area contributed by atoms with Gasteiger partial charge in [-0.25, -0.2) is 9.97 Å². The van der Waals surface area contributed by atoms with Crippen LogP contribution >= 0.6 is 0 Å². The third-order valence-corrected chi connectivity index (χ3v) is 6.98. The number of nitrogens with two attached hydrogens (primary N) is 1. The Kier molecular flexibility index (Phi) is 6.74. The molecule has 5 rings (SSSR count). The molecule has 3 aromatic rings. The van der Waals surface area contributed by atoms with E-state index in [1.165, 1.54) is 6.07 Å². The molecule has 2 aliphatic heterocycles. The predicted molar refractivity (Wildman–Crippen MR) is 127 cm³/mol. The highest BCUT2D eigenvalue weighted by Gasteiger charge is 2.32. The van der Waals surface area contributed by atoms with Crippen molar-refractivity contribution in [3.8, 4) is 5.75 Å². The van der Waals surface area contributed by atoms with Crippen molar-refractivity contribution in [1.29, 1.82) is 0 Å². The van der Waals surface area contributed by atoms with Crippen molar-refractivity contribution in [2.75, 3.05) is 32.0 Å². The monoisotopic (exact) mass is 503 g/mol. The molecule has 2 aromatic heterocycles. The molecule has 0 saturated carbocycles. The first-order chi connectivity index (χ1) is 17.3. The highest BCUT2D eigenvalue weighted by atomic mass is 19.4. The minimum atomic E-state index is -4.82. The number of carbonyl (C=O) groups excluding carboxylic acids is 1. The molecular formula is C25H28F3N5O3. The van der Waals surface area contributed by atoms with E-state index in [9.17, 15) is 18.0 Å². The molecule has 0 radical (unpaired) electrons. The minimum absolute atomic E-state index is 0.0458. The van der Waals surface area contributed by atoms with Crippen LogP contribution in [0.5, 0.6) is 5.75 Å². The van der Waals surface area contributed by atoms with Gasteiger partial charge in [-0.1, -0.05) is 0 Å². The summed E-state index contributed by atoms with van der Waals surface area (Å²) in [6, 6.07) is 5.44. The minimum Gasteiger partial charge on any atom is -0.406 e. The highest BCUT2D eigenvalue weighted by molar-refractivity contribution is 5.99. The molecule has 0 aliphatic carbocycles. The fraction of sp³-hybridized carbons (Fsp3) is 0.480. The molecule has 36 heavy (non-hydrogen) atoms. The van der Waals surface area contributed by atoms with Gasteiger partial charge in [0.05, 0.1) is 5.56 Å². The first-order valence-electron chi connectivity index (χ1n) is 12.2. The number of aromatic nitrogens is 3. The lowest BCUT2D eigenvalue weighted by atomic mass is 9.92. The van der Waals surface area contributed by atoms with E-state index in [1.807, 2.05) is 6.07 Å². The molecule has 0 spiro atoms. The Morgan fingerprint density at radius 2 is 1.92 bits per heavy atom. The summed E-state index contributed by atoms with van der Waals surface area (Å²) in [4.78, 5) is 27.7. The Labute approximate surface area is 206 Å². The van der Waals surface area contributed by atoms with E-state index in [0.717, 1.165) is 80.0 Å². The predicted octanol–water partition coefficient (Wildman–Crippen LogP) is 4.74. The number of hydrogen-bond donors (Lipinski definition) is 2. The lowest BCUT2D eigenvalue weighted by molar-refractivity contribution is -0.274. The average molecular weight is 504 g/mol. The van der Waals surface area contributed by atoms with Gasteiger partial charge in [-0.05, 0) is 61.8 Å². The van der Waals surface area contributed by atoms with Crippen molar-refractivity contribution in [1.82, 2.24) is 19.9 Å². The van der Waals surface area contributed by atoms with Crippen LogP contribution in [0.15, 0.2) is 30.5 Å². The zero-order valence-corrected chi connectivity index (χ0v) is 19.7. The second-order valence-corrected chi connectivity index (χ2v) is 9.32. The number of ether oxygens (including phenoxy) is 2. The number of hydrogen-bond acceptors (Lipinski definition) is 6.